The summed E-state index contributed by atoms with van der Waals surface area (Å²) in [6.07, 6.45) is 2.56. The molecule has 0 aliphatic carbocycles. The van der Waals surface area contributed by atoms with Crippen molar-refractivity contribution in [2.24, 2.45) is 0 Å². The van der Waals surface area contributed by atoms with E-state index in [0.717, 1.165) is 22.8 Å². The monoisotopic (exact) mass is 682 g/mol. The van der Waals surface area contributed by atoms with E-state index in [-0.39, 0.29) is 105 Å². The molecule has 0 spiro atoms. The van der Waals surface area contributed by atoms with Crippen LogP contribution in [0.25, 0.3) is 5.69 Å². The zero-order chi connectivity index (χ0) is 31.3. The Morgan fingerprint density at radius 2 is 1.76 bits per heavy atom. The van der Waals surface area contributed by atoms with Crippen molar-refractivity contribution in [1.82, 2.24) is 9.55 Å². The van der Waals surface area contributed by atoms with Crippen molar-refractivity contribution in [3.8, 4) is 28.7 Å². The number of pyridine rings is 2. The number of phosphoric ester groups is 1. The number of aromatic nitrogens is 2. The molecule has 0 aliphatic rings. The molecule has 13 nitrogen and oxygen atoms in total. The largest absolute Gasteiger partial charge is 1.00 e. The van der Waals surface area contributed by atoms with Crippen molar-refractivity contribution >= 4 is 36.8 Å². The summed E-state index contributed by atoms with van der Waals surface area (Å²) in [5.41, 5.74) is 4.19. The molecular formula is C26H20ClF2N4Na2O9P. The van der Waals surface area contributed by atoms with Gasteiger partial charge in [0.1, 0.15) is 22.2 Å². The number of hydrogen-bond acceptors (Lipinski definition) is 11. The van der Waals surface area contributed by atoms with Gasteiger partial charge in [-0.3, -0.25) is 14.2 Å². The number of rotatable bonds is 11. The van der Waals surface area contributed by atoms with Gasteiger partial charge in [0.15, 0.2) is 35.7 Å². The maximum absolute atomic E-state index is 14.9. The summed E-state index contributed by atoms with van der Waals surface area (Å²) in [6.45, 7) is 0.600. The molecule has 0 radical (unpaired) electrons. The fraction of sp³-hybridized carbons (Fsp3) is 0.115. The van der Waals surface area contributed by atoms with Crippen molar-refractivity contribution in [2.45, 2.75) is 6.92 Å². The van der Waals surface area contributed by atoms with Gasteiger partial charge in [-0.1, -0.05) is 11.6 Å². The number of carbonyl (C=O) groups is 1. The molecule has 1 amide bonds. The fourth-order valence-electron chi connectivity index (χ4n) is 3.61. The van der Waals surface area contributed by atoms with Crippen molar-refractivity contribution in [3.05, 3.63) is 93.5 Å². The van der Waals surface area contributed by atoms with Crippen molar-refractivity contribution in [3.63, 3.8) is 0 Å². The van der Waals surface area contributed by atoms with Gasteiger partial charge in [-0.15, -0.1) is 0 Å². The van der Waals surface area contributed by atoms with E-state index < -0.39 is 49.0 Å². The Hall–Kier alpha value is -2.53. The van der Waals surface area contributed by atoms with Gasteiger partial charge in [0.05, 0.1) is 20.1 Å². The SMILES string of the molecule is CCOc1ccn(-c2ccc(F)c(OCOP(=O)([O-])[O-])c2)c(=O)c1C(=O)Nc1ccc(Oc2ccnc(N)c2Cl)c(F)c1.[Na+].[Na+]. The minimum atomic E-state index is -5.38. The van der Waals surface area contributed by atoms with Crippen LogP contribution in [-0.4, -0.2) is 28.9 Å². The molecule has 2 heterocycles. The molecule has 0 saturated heterocycles. The predicted octanol–water partition coefficient (Wildman–Crippen LogP) is -2.62. The van der Waals surface area contributed by atoms with E-state index in [1.54, 1.807) is 6.92 Å². The molecule has 0 atom stereocenters. The van der Waals surface area contributed by atoms with E-state index in [2.05, 4.69) is 14.8 Å². The number of anilines is 2. The summed E-state index contributed by atoms with van der Waals surface area (Å²) < 4.78 is 60.3. The predicted molar refractivity (Wildman–Crippen MR) is 145 cm³/mol. The maximum Gasteiger partial charge on any atom is 1.00 e. The molecule has 0 unspecified atom stereocenters. The van der Waals surface area contributed by atoms with Gasteiger partial charge in [0.2, 0.25) is 0 Å². The zero-order valence-corrected chi connectivity index (χ0v) is 29.6. The second-order valence-corrected chi connectivity index (χ2v) is 9.86. The molecule has 19 heteroatoms. The molecule has 2 aromatic carbocycles. The molecule has 4 aromatic rings. The summed E-state index contributed by atoms with van der Waals surface area (Å²) in [5, 5.41) is 2.40. The first-order valence-corrected chi connectivity index (χ1v) is 13.9. The van der Waals surface area contributed by atoms with Gasteiger partial charge in [0.25, 0.3) is 11.5 Å². The van der Waals surface area contributed by atoms with Crippen LogP contribution in [0.5, 0.6) is 23.0 Å². The second kappa shape index (κ2) is 16.9. The minimum Gasteiger partial charge on any atom is -0.790 e. The van der Waals surface area contributed by atoms with E-state index >= 15 is 0 Å². The van der Waals surface area contributed by atoms with Crippen LogP contribution in [0.1, 0.15) is 17.3 Å². The molecule has 0 fully saturated rings. The fourth-order valence-corrected chi connectivity index (χ4v) is 3.94. The van der Waals surface area contributed by atoms with Gasteiger partial charge in [-0.05, 0) is 37.3 Å². The van der Waals surface area contributed by atoms with Crippen molar-refractivity contribution < 1.29 is 106 Å². The van der Waals surface area contributed by atoms with Crippen LogP contribution >= 0.6 is 19.4 Å². The standard InChI is InChI=1S/C26H22ClF2N4O9P.2Na/c1-2-39-19-8-10-33(15-4-5-16(28)21(12-15)40-13-41-43(36,37)38)26(35)22(19)25(34)32-14-3-6-18(17(29)11-14)42-20-7-9-31-24(30)23(20)27;;/h3-12H,2,13H2,1H3,(H2,30,31)(H,32,34)(H2,36,37,38);;/q;2*+1/p-2. The Kier molecular flexibility index (Phi) is 14.5. The number of halogens is 3. The summed E-state index contributed by atoms with van der Waals surface area (Å²) in [6, 6.07) is 9.25. The van der Waals surface area contributed by atoms with Crippen LogP contribution in [0.15, 0.2) is 65.7 Å². The second-order valence-electron chi connectivity index (χ2n) is 8.33. The van der Waals surface area contributed by atoms with Crippen molar-refractivity contribution in [1.29, 1.82) is 0 Å². The molecule has 0 aliphatic heterocycles. The van der Waals surface area contributed by atoms with Crippen LogP contribution in [0.3, 0.4) is 0 Å². The third-order valence-electron chi connectivity index (χ3n) is 5.49. The summed E-state index contributed by atoms with van der Waals surface area (Å²) >= 11 is 6.03. The smallest absolute Gasteiger partial charge is 0.790 e. The summed E-state index contributed by atoms with van der Waals surface area (Å²) in [7, 11) is -5.38. The third kappa shape index (κ3) is 9.98. The van der Waals surface area contributed by atoms with E-state index in [0.29, 0.717) is 0 Å². The Morgan fingerprint density at radius 1 is 1.02 bits per heavy atom. The first-order valence-electron chi connectivity index (χ1n) is 12.0. The van der Waals surface area contributed by atoms with Crippen LogP contribution in [-0.2, 0) is 9.09 Å². The topological polar surface area (TPSA) is 190 Å². The molecule has 45 heavy (non-hydrogen) atoms. The van der Waals surface area contributed by atoms with Gasteiger partial charge >= 0.3 is 59.1 Å². The van der Waals surface area contributed by atoms with E-state index in [1.165, 1.54) is 42.7 Å². The molecule has 2 aromatic heterocycles. The quantitative estimate of drug-likeness (QED) is 0.0957. The normalized spacial score (nSPS) is 10.7. The number of amides is 1. The van der Waals surface area contributed by atoms with Crippen LogP contribution < -0.4 is 99.7 Å². The molecule has 4 rings (SSSR count). The van der Waals surface area contributed by atoms with Gasteiger partial charge < -0.3 is 44.1 Å². The number of phosphoric acid groups is 1. The number of nitrogens with zero attached hydrogens (tertiary/aromatic N) is 2. The van der Waals surface area contributed by atoms with Crippen LogP contribution in [0.2, 0.25) is 5.02 Å². The average molecular weight is 683 g/mol. The minimum absolute atomic E-state index is 0. The van der Waals surface area contributed by atoms with Crippen LogP contribution in [0, 0.1) is 11.6 Å². The average Bonchev–Trinajstić information content (AvgIpc) is 2.93. The van der Waals surface area contributed by atoms with Crippen molar-refractivity contribution in [2.75, 3.05) is 24.5 Å². The molecule has 226 valence electrons. The zero-order valence-electron chi connectivity index (χ0n) is 23.9. The van der Waals surface area contributed by atoms with E-state index in [4.69, 9.17) is 31.5 Å². The molecule has 3 N–H and O–H groups in total. The number of benzene rings is 2. The first kappa shape index (κ1) is 38.7. The van der Waals surface area contributed by atoms with Gasteiger partial charge in [-0.2, -0.15) is 0 Å². The Bertz CT molecular complexity index is 1800. The van der Waals surface area contributed by atoms with Gasteiger partial charge in [0, 0.05) is 36.3 Å². The number of ether oxygens (including phenoxy) is 3. The van der Waals surface area contributed by atoms with Gasteiger partial charge in [-0.25, -0.2) is 13.8 Å². The number of hydrogen-bond donors (Lipinski definition) is 2. The number of nitrogens with two attached hydrogens (primary N) is 1. The molecule has 0 bridgehead atoms. The molecule has 0 saturated carbocycles. The number of nitrogen functional groups attached to an aromatic ring is 1. The Morgan fingerprint density at radius 3 is 2.42 bits per heavy atom. The summed E-state index contributed by atoms with van der Waals surface area (Å²) in [4.78, 5) is 51.8. The maximum atomic E-state index is 14.9. The molecular weight excluding hydrogens is 663 g/mol. The Labute approximate surface area is 303 Å². The third-order valence-corrected chi connectivity index (χ3v) is 6.29. The van der Waals surface area contributed by atoms with Crippen LogP contribution in [0.4, 0.5) is 20.3 Å². The number of nitrogens with one attached hydrogen (secondary N) is 1. The Balaban J connectivity index is 0.00000353. The first-order chi connectivity index (χ1) is 20.4. The number of carbonyl (C=O) groups excluding carboxylic acids is 1. The summed E-state index contributed by atoms with van der Waals surface area (Å²) in [5.74, 6) is -3.66. The van der Waals surface area contributed by atoms with E-state index in [1.807, 2.05) is 0 Å². The van der Waals surface area contributed by atoms with E-state index in [9.17, 15) is 32.7 Å².